The van der Waals surface area contributed by atoms with Gasteiger partial charge in [0, 0.05) is 24.3 Å². The molecule has 176 valence electrons. The fraction of sp³-hybridized carbons (Fsp3) is 0.207. The van der Waals surface area contributed by atoms with Crippen LogP contribution in [0, 0.1) is 0 Å². The highest BCUT2D eigenvalue weighted by molar-refractivity contribution is 6.20. The van der Waals surface area contributed by atoms with Gasteiger partial charge in [0.2, 0.25) is 23.7 Å². The fourth-order valence-corrected chi connectivity index (χ4v) is 4.99. The number of ketones is 2. The van der Waals surface area contributed by atoms with E-state index in [-0.39, 0.29) is 17.3 Å². The number of phenols is 1. The summed E-state index contributed by atoms with van der Waals surface area (Å²) < 4.78 is 7.40. The number of nitrogens with zero attached hydrogens (tertiary/aromatic N) is 2. The quantitative estimate of drug-likeness (QED) is 0.536. The van der Waals surface area contributed by atoms with Crippen molar-refractivity contribution in [2.24, 2.45) is 0 Å². The number of amidine groups is 1. The van der Waals surface area contributed by atoms with Gasteiger partial charge in [0.1, 0.15) is 18.8 Å². The number of carbonyl (C=O) groups is 2. The van der Waals surface area contributed by atoms with Crippen molar-refractivity contribution in [3.05, 3.63) is 107 Å². The van der Waals surface area contributed by atoms with Gasteiger partial charge in [-0.2, -0.15) is 0 Å². The Morgan fingerprint density at radius 3 is 2.34 bits per heavy atom. The van der Waals surface area contributed by atoms with Crippen molar-refractivity contribution < 1.29 is 24.0 Å². The summed E-state index contributed by atoms with van der Waals surface area (Å²) in [5.41, 5.74) is 2.81. The minimum absolute atomic E-state index is 0.0516. The Kier molecular flexibility index (Phi) is 6.29. The lowest BCUT2D eigenvalue weighted by molar-refractivity contribution is -0.557. The highest BCUT2D eigenvalue weighted by atomic mass is 16.5. The second kappa shape index (κ2) is 9.68. The molecule has 1 aliphatic carbocycles. The van der Waals surface area contributed by atoms with Crippen LogP contribution in [0.3, 0.4) is 0 Å². The van der Waals surface area contributed by atoms with Gasteiger partial charge in [0.25, 0.3) is 5.84 Å². The van der Waals surface area contributed by atoms with Crippen LogP contribution in [-0.4, -0.2) is 64.3 Å². The molecular weight excluding hydrogens is 440 g/mol. The Balaban J connectivity index is 1.66. The van der Waals surface area contributed by atoms with E-state index in [2.05, 4.69) is 0 Å². The molecule has 2 unspecified atom stereocenters. The molecule has 3 aromatic carbocycles. The summed E-state index contributed by atoms with van der Waals surface area (Å²) >= 11 is 0. The van der Waals surface area contributed by atoms with Crippen molar-refractivity contribution in [2.45, 2.75) is 18.6 Å². The van der Waals surface area contributed by atoms with Crippen molar-refractivity contribution in [2.75, 3.05) is 20.3 Å². The van der Waals surface area contributed by atoms with E-state index in [1.807, 2.05) is 58.0 Å². The van der Waals surface area contributed by atoms with Crippen molar-refractivity contribution in [1.29, 1.82) is 0 Å². The summed E-state index contributed by atoms with van der Waals surface area (Å²) in [6.45, 7) is 1.35. The van der Waals surface area contributed by atoms with Gasteiger partial charge < -0.3 is 9.84 Å². The third-order valence-electron chi connectivity index (χ3n) is 6.58. The molecule has 1 N–H and O–H groups in total. The van der Waals surface area contributed by atoms with Gasteiger partial charge in [-0.3, -0.25) is 9.59 Å². The van der Waals surface area contributed by atoms with Crippen LogP contribution in [0.15, 0.2) is 84.9 Å². The molecule has 3 aromatic rings. The number of fused-ring (bicyclic) bond motifs is 2. The van der Waals surface area contributed by atoms with Gasteiger partial charge >= 0.3 is 0 Å². The number of aromatic hydroxyl groups is 1. The number of phenolic OH excluding ortho intramolecular Hbond substituents is 1. The van der Waals surface area contributed by atoms with Crippen LogP contribution in [0.2, 0.25) is 0 Å². The summed E-state index contributed by atoms with van der Waals surface area (Å²) in [5, 5.41) is 9.89. The van der Waals surface area contributed by atoms with E-state index in [1.165, 1.54) is 0 Å². The van der Waals surface area contributed by atoms with E-state index in [9.17, 15) is 14.7 Å². The van der Waals surface area contributed by atoms with Gasteiger partial charge in [-0.05, 0) is 29.3 Å². The Labute approximate surface area is 204 Å². The van der Waals surface area contributed by atoms with Crippen LogP contribution < -0.4 is 0 Å². The van der Waals surface area contributed by atoms with Crippen molar-refractivity contribution in [1.82, 2.24) is 4.90 Å². The number of carbonyl (C=O) groups excluding carboxylic acids is 2. The lowest BCUT2D eigenvalue weighted by Crippen LogP contribution is -2.53. The molecule has 0 saturated carbocycles. The number of hydrogen-bond donors (Lipinski definition) is 1. The second-order valence-electron chi connectivity index (χ2n) is 8.75. The van der Waals surface area contributed by atoms with Crippen LogP contribution in [0.1, 0.15) is 31.8 Å². The first-order chi connectivity index (χ1) is 17.1. The Morgan fingerprint density at radius 2 is 1.63 bits per heavy atom. The average Bonchev–Trinajstić information content (AvgIpc) is 3.18. The fourth-order valence-electron chi connectivity index (χ4n) is 4.99. The van der Waals surface area contributed by atoms with E-state index in [0.29, 0.717) is 30.8 Å². The van der Waals surface area contributed by atoms with E-state index in [1.54, 1.807) is 49.6 Å². The number of ether oxygens (including phenoxy) is 1. The van der Waals surface area contributed by atoms with Gasteiger partial charge in [-0.25, -0.2) is 9.48 Å². The standard InChI is InChI=1S/C29H26N2O4/c1-35-17-16-30-25(15-14-20-10-7-11-22(32)18-20)31(19-21-8-3-2-4-9-21)27-26(30)28(33)23-12-5-6-13-24(23)29(27)34/h2-15,18,26-27H,16-17,19H2,1H3/p+1/b15-14+. The zero-order valence-electron chi connectivity index (χ0n) is 19.5. The summed E-state index contributed by atoms with van der Waals surface area (Å²) in [6, 6.07) is 22.7. The number of hydrogen-bond acceptors (Lipinski definition) is 5. The molecule has 6 nitrogen and oxygen atoms in total. The SMILES string of the molecule is COCCN1C(/C=C/c2cccc(O)c2)=[N+](Cc2ccccc2)C2C(=O)c3ccccc3C(=O)C21. The summed E-state index contributed by atoms with van der Waals surface area (Å²) in [5.74, 6) is 0.846. The van der Waals surface area contributed by atoms with Crippen molar-refractivity contribution >= 4 is 23.5 Å². The van der Waals surface area contributed by atoms with E-state index >= 15 is 0 Å². The highest BCUT2D eigenvalue weighted by Gasteiger charge is 2.57. The smallest absolute Gasteiger partial charge is 0.273 e. The predicted molar refractivity (Wildman–Crippen MR) is 134 cm³/mol. The van der Waals surface area contributed by atoms with Crippen LogP contribution in [-0.2, 0) is 11.3 Å². The molecule has 0 saturated heterocycles. The molecule has 0 bridgehead atoms. The Morgan fingerprint density at radius 1 is 0.914 bits per heavy atom. The molecule has 6 heteroatoms. The number of benzene rings is 3. The zero-order chi connectivity index (χ0) is 24.4. The molecule has 1 aliphatic heterocycles. The number of Topliss-reactive ketones (excluding diaryl/α,β-unsaturated/α-hetero) is 2. The lowest BCUT2D eigenvalue weighted by atomic mass is 9.82. The summed E-state index contributed by atoms with van der Waals surface area (Å²) in [4.78, 5) is 29.5. The lowest BCUT2D eigenvalue weighted by Gasteiger charge is -2.27. The van der Waals surface area contributed by atoms with E-state index in [4.69, 9.17) is 4.74 Å². The van der Waals surface area contributed by atoms with Gasteiger partial charge in [0.05, 0.1) is 6.61 Å². The third-order valence-corrected chi connectivity index (χ3v) is 6.58. The first kappa shape index (κ1) is 22.7. The second-order valence-corrected chi connectivity index (χ2v) is 8.75. The Hall–Kier alpha value is -4.03. The van der Waals surface area contributed by atoms with Gasteiger partial charge in [-0.1, -0.05) is 66.7 Å². The molecule has 0 aromatic heterocycles. The highest BCUT2D eigenvalue weighted by Crippen LogP contribution is 2.32. The minimum atomic E-state index is -0.640. The van der Waals surface area contributed by atoms with Crippen LogP contribution in [0.25, 0.3) is 6.08 Å². The minimum Gasteiger partial charge on any atom is -0.508 e. The molecular formula is C29H27N2O4+. The monoisotopic (exact) mass is 467 g/mol. The molecule has 5 rings (SSSR count). The van der Waals surface area contributed by atoms with Crippen molar-refractivity contribution in [3.63, 3.8) is 0 Å². The molecule has 2 atom stereocenters. The normalized spacial score (nSPS) is 19.4. The maximum atomic E-state index is 13.8. The topological polar surface area (TPSA) is 69.8 Å². The molecule has 2 aliphatic rings. The van der Waals surface area contributed by atoms with Crippen LogP contribution >= 0.6 is 0 Å². The predicted octanol–water partition coefficient (Wildman–Crippen LogP) is 3.80. The van der Waals surface area contributed by atoms with Crippen LogP contribution in [0.5, 0.6) is 5.75 Å². The molecule has 0 fully saturated rings. The zero-order valence-corrected chi connectivity index (χ0v) is 19.5. The van der Waals surface area contributed by atoms with E-state index in [0.717, 1.165) is 17.0 Å². The van der Waals surface area contributed by atoms with E-state index < -0.39 is 12.1 Å². The number of methoxy groups -OCH3 is 1. The van der Waals surface area contributed by atoms with Crippen molar-refractivity contribution in [3.8, 4) is 5.75 Å². The number of rotatable bonds is 7. The molecule has 1 heterocycles. The van der Waals surface area contributed by atoms with Crippen LogP contribution in [0.4, 0.5) is 0 Å². The molecule has 0 spiro atoms. The summed E-state index contributed by atoms with van der Waals surface area (Å²) in [6.07, 6.45) is 3.82. The first-order valence-electron chi connectivity index (χ1n) is 11.7. The van der Waals surface area contributed by atoms with Gasteiger partial charge in [-0.15, -0.1) is 0 Å². The maximum absolute atomic E-state index is 13.8. The van der Waals surface area contributed by atoms with Gasteiger partial charge in [0.15, 0.2) is 0 Å². The largest absolute Gasteiger partial charge is 0.508 e. The third kappa shape index (κ3) is 4.29. The molecule has 35 heavy (non-hydrogen) atoms. The summed E-state index contributed by atoms with van der Waals surface area (Å²) in [7, 11) is 1.63. The molecule has 0 radical (unpaired) electrons. The Bertz CT molecular complexity index is 1330. The maximum Gasteiger partial charge on any atom is 0.273 e. The first-order valence-corrected chi connectivity index (χ1v) is 11.7. The average molecular weight is 468 g/mol. The molecule has 0 amide bonds.